The number of hydrogen-bond acceptors (Lipinski definition) is 4. The van der Waals surface area contributed by atoms with Crippen LogP contribution < -0.4 is 9.64 Å². The van der Waals surface area contributed by atoms with Gasteiger partial charge in [-0.15, -0.1) is 0 Å². The van der Waals surface area contributed by atoms with Gasteiger partial charge in [-0.3, -0.25) is 9.69 Å². The molecule has 0 radical (unpaired) electrons. The molecule has 0 aromatic heterocycles. The van der Waals surface area contributed by atoms with E-state index in [4.69, 9.17) is 4.74 Å². The van der Waals surface area contributed by atoms with Crippen molar-refractivity contribution in [2.24, 2.45) is 0 Å². The summed E-state index contributed by atoms with van der Waals surface area (Å²) in [5.41, 5.74) is 1.13. The van der Waals surface area contributed by atoms with Gasteiger partial charge >= 0.3 is 0 Å². The minimum absolute atomic E-state index is 0.103. The molecule has 0 bridgehead atoms. The van der Waals surface area contributed by atoms with Crippen molar-refractivity contribution >= 4 is 11.6 Å². The smallest absolute Gasteiger partial charge is 0.240 e. The van der Waals surface area contributed by atoms with Crippen LogP contribution >= 0.6 is 0 Å². The van der Waals surface area contributed by atoms with Gasteiger partial charge in [-0.2, -0.15) is 0 Å². The molecule has 1 aromatic rings. The molecule has 2 saturated heterocycles. The number of nitrogens with zero attached hydrogens (tertiary/aromatic N) is 3. The molecule has 2 fully saturated rings. The van der Waals surface area contributed by atoms with E-state index in [1.165, 1.54) is 12.8 Å². The van der Waals surface area contributed by atoms with Crippen LogP contribution in [-0.2, 0) is 4.79 Å². The van der Waals surface area contributed by atoms with Crippen molar-refractivity contribution in [1.82, 2.24) is 9.80 Å². The third-order valence-corrected chi connectivity index (χ3v) is 5.43. The Bertz CT molecular complexity index is 568. The fourth-order valence-electron chi connectivity index (χ4n) is 4.10. The average molecular weight is 345 g/mol. The molecule has 1 amide bonds. The van der Waals surface area contributed by atoms with Gasteiger partial charge in [0.05, 0.1) is 18.8 Å². The molecule has 0 saturated carbocycles. The lowest BCUT2D eigenvalue weighted by molar-refractivity contribution is -0.138. The van der Waals surface area contributed by atoms with Gasteiger partial charge in [0.2, 0.25) is 5.91 Å². The average Bonchev–Trinajstić information content (AvgIpc) is 2.68. The second-order valence-electron chi connectivity index (χ2n) is 7.03. The highest BCUT2D eigenvalue weighted by atomic mass is 16.5. The fourth-order valence-corrected chi connectivity index (χ4v) is 4.10. The van der Waals surface area contributed by atoms with Crippen LogP contribution in [0.25, 0.3) is 0 Å². The summed E-state index contributed by atoms with van der Waals surface area (Å²) in [4.78, 5) is 19.8. The second-order valence-corrected chi connectivity index (χ2v) is 7.03. The summed E-state index contributed by atoms with van der Waals surface area (Å²) in [5.74, 6) is 1.25. The van der Waals surface area contributed by atoms with Crippen LogP contribution in [0, 0.1) is 0 Å². The largest absolute Gasteiger partial charge is 0.495 e. The maximum Gasteiger partial charge on any atom is 0.240 e. The lowest BCUT2D eigenvalue weighted by Crippen LogP contribution is -2.56. The highest BCUT2D eigenvalue weighted by Gasteiger charge is 2.33. The van der Waals surface area contributed by atoms with Gasteiger partial charge in [0.25, 0.3) is 0 Å². The molecular formula is C20H31N3O2. The second kappa shape index (κ2) is 8.56. The van der Waals surface area contributed by atoms with Crippen LogP contribution in [0.3, 0.4) is 0 Å². The minimum atomic E-state index is 0.103. The van der Waals surface area contributed by atoms with Crippen molar-refractivity contribution in [3.8, 4) is 5.75 Å². The predicted octanol–water partition coefficient (Wildman–Crippen LogP) is 2.61. The Kier molecular flexibility index (Phi) is 6.19. The maximum absolute atomic E-state index is 13.0. The molecule has 3 rings (SSSR count). The third-order valence-electron chi connectivity index (χ3n) is 5.43. The molecular weight excluding hydrogens is 314 g/mol. The van der Waals surface area contributed by atoms with Crippen molar-refractivity contribution in [2.75, 3.05) is 51.3 Å². The molecule has 5 heteroatoms. The maximum atomic E-state index is 13.0. The van der Waals surface area contributed by atoms with E-state index in [9.17, 15) is 4.79 Å². The number of carbonyl (C=O) groups excluding carboxylic acids is 1. The van der Waals surface area contributed by atoms with Crippen LogP contribution in [0.5, 0.6) is 5.75 Å². The SMILES string of the molecule is CCCN1CCCCC1C(=O)N1CCN(c2ccccc2OC)CC1. The first-order chi connectivity index (χ1) is 12.2. The molecule has 5 nitrogen and oxygen atoms in total. The number of methoxy groups -OCH3 is 1. The number of ether oxygens (including phenoxy) is 1. The molecule has 0 aliphatic carbocycles. The highest BCUT2D eigenvalue weighted by molar-refractivity contribution is 5.82. The number of piperidine rings is 1. The first-order valence-corrected chi connectivity index (χ1v) is 9.65. The van der Waals surface area contributed by atoms with E-state index in [2.05, 4.69) is 27.7 Å². The first kappa shape index (κ1) is 18.1. The Morgan fingerprint density at radius 3 is 2.60 bits per heavy atom. The van der Waals surface area contributed by atoms with Crippen molar-refractivity contribution in [2.45, 2.75) is 38.6 Å². The first-order valence-electron chi connectivity index (χ1n) is 9.65. The molecule has 1 atom stereocenters. The zero-order chi connectivity index (χ0) is 17.6. The number of piperazine rings is 1. The Morgan fingerprint density at radius 2 is 1.88 bits per heavy atom. The normalized spacial score (nSPS) is 22.1. The lowest BCUT2D eigenvalue weighted by Gasteiger charge is -2.41. The number of benzene rings is 1. The zero-order valence-electron chi connectivity index (χ0n) is 15.6. The van der Waals surface area contributed by atoms with Gasteiger partial charge in [0.1, 0.15) is 5.75 Å². The number of para-hydroxylation sites is 2. The summed E-state index contributed by atoms with van der Waals surface area (Å²) in [7, 11) is 1.71. The van der Waals surface area contributed by atoms with Gasteiger partial charge in [-0.05, 0) is 44.5 Å². The predicted molar refractivity (Wildman–Crippen MR) is 101 cm³/mol. The number of hydrogen-bond donors (Lipinski definition) is 0. The summed E-state index contributed by atoms with van der Waals surface area (Å²) < 4.78 is 5.48. The van der Waals surface area contributed by atoms with Gasteiger partial charge in [0.15, 0.2) is 0 Å². The highest BCUT2D eigenvalue weighted by Crippen LogP contribution is 2.28. The summed E-state index contributed by atoms with van der Waals surface area (Å²) >= 11 is 0. The fraction of sp³-hybridized carbons (Fsp3) is 0.650. The van der Waals surface area contributed by atoms with Gasteiger partial charge in [-0.25, -0.2) is 0 Å². The third kappa shape index (κ3) is 4.09. The Labute approximate surface area is 151 Å². The molecule has 2 aliphatic heterocycles. The zero-order valence-corrected chi connectivity index (χ0v) is 15.6. The van der Waals surface area contributed by atoms with Crippen molar-refractivity contribution in [3.05, 3.63) is 24.3 Å². The molecule has 138 valence electrons. The Hall–Kier alpha value is -1.75. The van der Waals surface area contributed by atoms with E-state index in [0.717, 1.165) is 63.5 Å². The monoisotopic (exact) mass is 345 g/mol. The number of anilines is 1. The minimum Gasteiger partial charge on any atom is -0.495 e. The van der Waals surface area contributed by atoms with Gasteiger partial charge < -0.3 is 14.5 Å². The Balaban J connectivity index is 1.60. The van der Waals surface area contributed by atoms with Crippen LogP contribution in [0.2, 0.25) is 0 Å². The standard InChI is InChI=1S/C20H31N3O2/c1-3-11-21-12-7-6-9-18(21)20(24)23-15-13-22(14-16-23)17-8-4-5-10-19(17)25-2/h4-5,8,10,18H,3,6-7,9,11-16H2,1-2H3. The van der Waals surface area contributed by atoms with Gasteiger partial charge in [-0.1, -0.05) is 25.5 Å². The molecule has 0 spiro atoms. The van der Waals surface area contributed by atoms with E-state index < -0.39 is 0 Å². The molecule has 1 unspecified atom stereocenters. The van der Waals surface area contributed by atoms with E-state index in [0.29, 0.717) is 5.91 Å². The summed E-state index contributed by atoms with van der Waals surface area (Å²) in [6.07, 6.45) is 4.54. The van der Waals surface area contributed by atoms with E-state index in [-0.39, 0.29) is 6.04 Å². The number of likely N-dealkylation sites (tertiary alicyclic amines) is 1. The summed E-state index contributed by atoms with van der Waals surface area (Å²) in [5, 5.41) is 0. The van der Waals surface area contributed by atoms with Crippen LogP contribution in [0.4, 0.5) is 5.69 Å². The van der Waals surface area contributed by atoms with E-state index in [1.54, 1.807) is 7.11 Å². The molecule has 25 heavy (non-hydrogen) atoms. The number of carbonyl (C=O) groups is 1. The summed E-state index contributed by atoms with van der Waals surface area (Å²) in [6, 6.07) is 8.23. The quantitative estimate of drug-likeness (QED) is 0.822. The van der Waals surface area contributed by atoms with Crippen molar-refractivity contribution in [3.63, 3.8) is 0 Å². The molecule has 1 aromatic carbocycles. The van der Waals surface area contributed by atoms with Crippen LogP contribution in [0.1, 0.15) is 32.6 Å². The number of rotatable bonds is 5. The van der Waals surface area contributed by atoms with Crippen molar-refractivity contribution < 1.29 is 9.53 Å². The van der Waals surface area contributed by atoms with E-state index in [1.807, 2.05) is 18.2 Å². The summed E-state index contributed by atoms with van der Waals surface area (Å²) in [6.45, 7) is 7.64. The molecule has 0 N–H and O–H groups in total. The topological polar surface area (TPSA) is 36.0 Å². The van der Waals surface area contributed by atoms with Crippen LogP contribution in [-0.4, -0.2) is 68.1 Å². The number of amides is 1. The molecule has 2 aliphatic rings. The van der Waals surface area contributed by atoms with Crippen molar-refractivity contribution in [1.29, 1.82) is 0 Å². The van der Waals surface area contributed by atoms with Gasteiger partial charge in [0, 0.05) is 26.2 Å². The van der Waals surface area contributed by atoms with E-state index >= 15 is 0 Å². The Morgan fingerprint density at radius 1 is 1.12 bits per heavy atom. The molecule has 2 heterocycles. The lowest BCUT2D eigenvalue weighted by atomic mass is 10.00. The van der Waals surface area contributed by atoms with Crippen LogP contribution in [0.15, 0.2) is 24.3 Å².